The summed E-state index contributed by atoms with van der Waals surface area (Å²) in [6.07, 6.45) is 2.61. The number of aryl methyl sites for hydroxylation is 1. The lowest BCUT2D eigenvalue weighted by molar-refractivity contribution is 0.0637. The van der Waals surface area contributed by atoms with Crippen LogP contribution in [0.1, 0.15) is 31.2 Å². The van der Waals surface area contributed by atoms with Gasteiger partial charge < -0.3 is 9.84 Å². The molecule has 1 aliphatic rings. The maximum absolute atomic E-state index is 12.8. The molecule has 0 heterocycles. The number of methoxy groups -OCH3 is 1. The molecule has 1 aromatic carbocycles. The van der Waals surface area contributed by atoms with Crippen LogP contribution in [0.5, 0.6) is 5.75 Å². The first-order valence-corrected chi connectivity index (χ1v) is 8.62. The molecule has 1 saturated carbocycles. The van der Waals surface area contributed by atoms with Crippen molar-refractivity contribution >= 4 is 10.0 Å². The van der Waals surface area contributed by atoms with Crippen LogP contribution >= 0.6 is 0 Å². The Balaban J connectivity index is 2.39. The Morgan fingerprint density at radius 3 is 2.57 bits per heavy atom. The topological polar surface area (TPSA) is 66.8 Å². The average Bonchev–Trinajstić information content (AvgIpc) is 2.47. The highest BCUT2D eigenvalue weighted by atomic mass is 32.2. The van der Waals surface area contributed by atoms with Crippen LogP contribution in [0.15, 0.2) is 23.1 Å². The fourth-order valence-electron chi connectivity index (χ4n) is 2.83. The third kappa shape index (κ3) is 3.22. The zero-order valence-electron chi connectivity index (χ0n) is 12.7. The number of sulfonamides is 1. The number of rotatable bonds is 4. The van der Waals surface area contributed by atoms with Gasteiger partial charge in [-0.2, -0.15) is 4.31 Å². The minimum Gasteiger partial charge on any atom is -0.495 e. The summed E-state index contributed by atoms with van der Waals surface area (Å²) in [5, 5.41) is 10.1. The number of benzene rings is 1. The summed E-state index contributed by atoms with van der Waals surface area (Å²) in [4.78, 5) is 0.158. The Kier molecular flexibility index (Phi) is 4.91. The van der Waals surface area contributed by atoms with E-state index in [1.807, 2.05) is 13.0 Å². The van der Waals surface area contributed by atoms with Gasteiger partial charge in [0.05, 0.1) is 19.3 Å². The number of hydrogen-bond donors (Lipinski definition) is 1. The molecule has 0 amide bonds. The SMILES string of the molecule is COc1ccc(C)cc1S(=O)(=O)N(C)C1CCCCC1O. The molecule has 0 aromatic heterocycles. The van der Waals surface area contributed by atoms with Gasteiger partial charge in [-0.05, 0) is 37.5 Å². The highest BCUT2D eigenvalue weighted by Gasteiger charge is 2.35. The van der Waals surface area contributed by atoms with E-state index >= 15 is 0 Å². The molecule has 1 aromatic rings. The fraction of sp³-hybridized carbons (Fsp3) is 0.600. The summed E-state index contributed by atoms with van der Waals surface area (Å²) in [6, 6.07) is 4.72. The second-order valence-corrected chi connectivity index (χ2v) is 7.56. The van der Waals surface area contributed by atoms with Crippen molar-refractivity contribution in [3.05, 3.63) is 23.8 Å². The Morgan fingerprint density at radius 1 is 1.29 bits per heavy atom. The average molecular weight is 313 g/mol. The van der Waals surface area contributed by atoms with Crippen LogP contribution in [-0.2, 0) is 10.0 Å². The van der Waals surface area contributed by atoms with E-state index in [1.54, 1.807) is 12.1 Å². The lowest BCUT2D eigenvalue weighted by atomic mass is 9.93. The fourth-order valence-corrected chi connectivity index (χ4v) is 4.49. The van der Waals surface area contributed by atoms with E-state index in [0.717, 1.165) is 18.4 Å². The number of aliphatic hydroxyl groups excluding tert-OH is 1. The Hall–Kier alpha value is -1.11. The third-order valence-corrected chi connectivity index (χ3v) is 6.04. The molecule has 6 heteroatoms. The molecule has 0 bridgehead atoms. The molecular formula is C15H23NO4S. The molecular weight excluding hydrogens is 290 g/mol. The zero-order chi connectivity index (χ0) is 15.6. The van der Waals surface area contributed by atoms with E-state index < -0.39 is 16.1 Å². The predicted octanol–water partition coefficient (Wildman–Crippen LogP) is 1.93. The van der Waals surface area contributed by atoms with E-state index in [9.17, 15) is 13.5 Å². The molecule has 2 unspecified atom stereocenters. The van der Waals surface area contributed by atoms with Crippen molar-refractivity contribution in [1.29, 1.82) is 0 Å². The lowest BCUT2D eigenvalue weighted by Crippen LogP contribution is -2.46. The largest absolute Gasteiger partial charge is 0.495 e. The van der Waals surface area contributed by atoms with Gasteiger partial charge in [-0.1, -0.05) is 18.9 Å². The van der Waals surface area contributed by atoms with Crippen molar-refractivity contribution in [1.82, 2.24) is 4.31 Å². The Morgan fingerprint density at radius 2 is 1.95 bits per heavy atom. The highest BCUT2D eigenvalue weighted by Crippen LogP contribution is 2.31. The van der Waals surface area contributed by atoms with Gasteiger partial charge in [-0.15, -0.1) is 0 Å². The number of ether oxygens (including phenoxy) is 1. The normalized spacial score (nSPS) is 23.3. The van der Waals surface area contributed by atoms with Crippen LogP contribution in [0, 0.1) is 6.92 Å². The van der Waals surface area contributed by atoms with E-state index in [-0.39, 0.29) is 10.9 Å². The monoisotopic (exact) mass is 313 g/mol. The van der Waals surface area contributed by atoms with Gasteiger partial charge in [0.25, 0.3) is 0 Å². The summed E-state index contributed by atoms with van der Waals surface area (Å²) in [5.74, 6) is 0.331. The van der Waals surface area contributed by atoms with Crippen LogP contribution in [0.3, 0.4) is 0 Å². The van der Waals surface area contributed by atoms with Crippen molar-refractivity contribution in [2.45, 2.75) is 49.6 Å². The Bertz CT molecular complexity index is 600. The summed E-state index contributed by atoms with van der Waals surface area (Å²) in [6.45, 7) is 1.84. The first-order chi connectivity index (χ1) is 9.87. The second-order valence-electron chi connectivity index (χ2n) is 5.59. The quantitative estimate of drug-likeness (QED) is 0.922. The van der Waals surface area contributed by atoms with E-state index in [0.29, 0.717) is 18.6 Å². The summed E-state index contributed by atoms with van der Waals surface area (Å²) < 4.78 is 32.2. The molecule has 0 aliphatic heterocycles. The standard InChI is InChI=1S/C15H23NO4S/c1-11-8-9-14(20-3)15(10-11)21(18,19)16(2)12-6-4-5-7-13(12)17/h8-10,12-13,17H,4-7H2,1-3H3. The van der Waals surface area contributed by atoms with Gasteiger partial charge >= 0.3 is 0 Å². The molecule has 5 nitrogen and oxygen atoms in total. The molecule has 2 rings (SSSR count). The van der Waals surface area contributed by atoms with Crippen molar-refractivity contribution in [2.24, 2.45) is 0 Å². The van der Waals surface area contributed by atoms with E-state index in [4.69, 9.17) is 4.74 Å². The zero-order valence-corrected chi connectivity index (χ0v) is 13.6. The molecule has 0 radical (unpaired) electrons. The van der Waals surface area contributed by atoms with Gasteiger partial charge in [-0.25, -0.2) is 8.42 Å². The second kappa shape index (κ2) is 6.34. The molecule has 0 saturated heterocycles. The first-order valence-electron chi connectivity index (χ1n) is 7.18. The molecule has 0 spiro atoms. The molecule has 2 atom stereocenters. The number of likely N-dealkylation sites (N-methyl/N-ethyl adjacent to an activating group) is 1. The van der Waals surface area contributed by atoms with Crippen LogP contribution in [-0.4, -0.2) is 44.1 Å². The minimum atomic E-state index is -3.69. The molecule has 1 fully saturated rings. The maximum Gasteiger partial charge on any atom is 0.246 e. The van der Waals surface area contributed by atoms with Gasteiger partial charge in [0.1, 0.15) is 10.6 Å². The van der Waals surface area contributed by atoms with Gasteiger partial charge in [0.2, 0.25) is 10.0 Å². The lowest BCUT2D eigenvalue weighted by Gasteiger charge is -2.34. The minimum absolute atomic E-state index is 0.158. The number of nitrogens with zero attached hydrogens (tertiary/aromatic N) is 1. The van der Waals surface area contributed by atoms with E-state index in [1.165, 1.54) is 18.5 Å². The Labute approximate surface area is 126 Å². The van der Waals surface area contributed by atoms with Gasteiger partial charge in [0, 0.05) is 7.05 Å². The van der Waals surface area contributed by atoms with Crippen LogP contribution < -0.4 is 4.74 Å². The van der Waals surface area contributed by atoms with Crippen molar-refractivity contribution in [3.8, 4) is 5.75 Å². The molecule has 118 valence electrons. The predicted molar refractivity (Wildman–Crippen MR) is 80.9 cm³/mol. The number of aliphatic hydroxyl groups is 1. The summed E-state index contributed by atoms with van der Waals surface area (Å²) >= 11 is 0. The smallest absolute Gasteiger partial charge is 0.246 e. The van der Waals surface area contributed by atoms with Crippen LogP contribution in [0.25, 0.3) is 0 Å². The van der Waals surface area contributed by atoms with E-state index in [2.05, 4.69) is 0 Å². The summed E-state index contributed by atoms with van der Waals surface area (Å²) in [7, 11) is -0.693. The van der Waals surface area contributed by atoms with Gasteiger partial charge in [-0.3, -0.25) is 0 Å². The van der Waals surface area contributed by atoms with Crippen molar-refractivity contribution in [2.75, 3.05) is 14.2 Å². The van der Waals surface area contributed by atoms with Crippen LogP contribution in [0.4, 0.5) is 0 Å². The first kappa shape index (κ1) is 16.3. The summed E-state index contributed by atoms with van der Waals surface area (Å²) in [5.41, 5.74) is 0.854. The van der Waals surface area contributed by atoms with Gasteiger partial charge in [0.15, 0.2) is 0 Å². The van der Waals surface area contributed by atoms with Crippen molar-refractivity contribution < 1.29 is 18.3 Å². The third-order valence-electron chi connectivity index (χ3n) is 4.14. The molecule has 1 N–H and O–H groups in total. The molecule has 1 aliphatic carbocycles. The highest BCUT2D eigenvalue weighted by molar-refractivity contribution is 7.89. The maximum atomic E-state index is 12.8. The number of hydrogen-bond acceptors (Lipinski definition) is 4. The van der Waals surface area contributed by atoms with Crippen molar-refractivity contribution in [3.63, 3.8) is 0 Å². The molecule has 21 heavy (non-hydrogen) atoms. The van der Waals surface area contributed by atoms with Crippen LogP contribution in [0.2, 0.25) is 0 Å².